The van der Waals surface area contributed by atoms with Crippen molar-refractivity contribution in [3.8, 4) is 0 Å². The minimum Gasteiger partial charge on any atom is -0.444 e. The van der Waals surface area contributed by atoms with Crippen molar-refractivity contribution >= 4 is 11.9 Å². The maximum absolute atomic E-state index is 15.0. The summed E-state index contributed by atoms with van der Waals surface area (Å²) in [6, 6.07) is 7.73. The normalized spacial score (nSPS) is 17.8. The van der Waals surface area contributed by atoms with Crippen molar-refractivity contribution in [1.82, 2.24) is 9.88 Å². The molecule has 1 aliphatic rings. The molecule has 1 N–H and O–H groups in total. The van der Waals surface area contributed by atoms with Crippen molar-refractivity contribution < 1.29 is 41.7 Å². The summed E-state index contributed by atoms with van der Waals surface area (Å²) >= 11 is 0. The number of amides is 1. The zero-order chi connectivity index (χ0) is 32.0. The van der Waals surface area contributed by atoms with Crippen molar-refractivity contribution in [1.29, 1.82) is 0 Å². The van der Waals surface area contributed by atoms with Gasteiger partial charge in [0, 0.05) is 31.0 Å². The highest BCUT2D eigenvalue weighted by Crippen LogP contribution is 2.31. The number of hydrogen-bond donors (Lipinski definition) is 1. The number of hydrogen-bond acceptors (Lipinski definition) is 6. The molecule has 1 aliphatic heterocycles. The van der Waals surface area contributed by atoms with Gasteiger partial charge in [0.2, 0.25) is 0 Å². The van der Waals surface area contributed by atoms with Crippen LogP contribution in [0, 0.1) is 23.3 Å². The number of benzene rings is 2. The topological polar surface area (TPSA) is 89.0 Å². The Labute approximate surface area is 253 Å². The SMILES string of the molecule is CC(C)(C)OC(=O)N1C[C@@H](CCc2c(F)cncc2CC(=O)C[C@@H](c2ccc(F)cc2)c2cc(F)cc(F)c2)OC[C@H]1CO. The lowest BCUT2D eigenvalue weighted by Crippen LogP contribution is -2.55. The quantitative estimate of drug-likeness (QED) is 0.286. The number of carbonyl (C=O) groups excluding carboxylic acids is 2. The summed E-state index contributed by atoms with van der Waals surface area (Å²) in [6.07, 6.45) is 1.50. The molecule has 11 heteroatoms. The summed E-state index contributed by atoms with van der Waals surface area (Å²) in [5, 5.41) is 9.73. The van der Waals surface area contributed by atoms with Gasteiger partial charge >= 0.3 is 6.09 Å². The molecule has 236 valence electrons. The maximum Gasteiger partial charge on any atom is 0.410 e. The number of ether oxygens (including phenoxy) is 2. The largest absolute Gasteiger partial charge is 0.444 e. The lowest BCUT2D eigenvalue weighted by Gasteiger charge is -2.39. The summed E-state index contributed by atoms with van der Waals surface area (Å²) < 4.78 is 68.1. The number of carbonyl (C=O) groups is 2. The van der Waals surface area contributed by atoms with Gasteiger partial charge in [0.05, 0.1) is 38.1 Å². The van der Waals surface area contributed by atoms with E-state index >= 15 is 4.39 Å². The molecule has 0 spiro atoms. The average Bonchev–Trinajstić information content (AvgIpc) is 2.94. The fourth-order valence-electron chi connectivity index (χ4n) is 5.28. The maximum atomic E-state index is 15.0. The predicted molar refractivity (Wildman–Crippen MR) is 154 cm³/mol. The number of nitrogens with zero attached hydrogens (tertiary/aromatic N) is 2. The molecule has 7 nitrogen and oxygen atoms in total. The standard InChI is InChI=1S/C33H36F4N2O5/c1-33(2,3)44-32(42)39-17-28(43-19-26(39)18-40)8-9-29-22(15-38-16-31(29)37)12-27(41)14-30(20-4-6-23(34)7-5-20)21-10-24(35)13-25(36)11-21/h4-7,10-11,13,15-16,26,28,30,40H,8-9,12,14,17-19H2,1-3H3/t26-,28-,30+/m1/s1. The number of rotatable bonds is 10. The van der Waals surface area contributed by atoms with Gasteiger partial charge in [0.15, 0.2) is 0 Å². The molecule has 2 aromatic carbocycles. The number of halogens is 4. The number of Topliss-reactive ketones (excluding diaryl/α,β-unsaturated/α-hetero) is 1. The van der Waals surface area contributed by atoms with Gasteiger partial charge in [-0.15, -0.1) is 0 Å². The predicted octanol–water partition coefficient (Wildman–Crippen LogP) is 5.90. The molecule has 4 rings (SSSR count). The Kier molecular flexibility index (Phi) is 10.7. The van der Waals surface area contributed by atoms with Gasteiger partial charge in [0.1, 0.15) is 34.7 Å². The van der Waals surface area contributed by atoms with Crippen molar-refractivity contribution in [2.75, 3.05) is 19.8 Å². The van der Waals surface area contributed by atoms with E-state index in [9.17, 15) is 27.9 Å². The number of aliphatic hydroxyl groups excluding tert-OH is 1. The Balaban J connectivity index is 1.48. The van der Waals surface area contributed by atoms with Gasteiger partial charge in [-0.25, -0.2) is 22.4 Å². The highest BCUT2D eigenvalue weighted by atomic mass is 19.1. The first-order chi connectivity index (χ1) is 20.8. The Morgan fingerprint density at radius 2 is 1.70 bits per heavy atom. The molecule has 0 radical (unpaired) electrons. The van der Waals surface area contributed by atoms with Crippen LogP contribution in [0.15, 0.2) is 54.9 Å². The molecule has 1 fully saturated rings. The number of aromatic nitrogens is 1. The van der Waals surface area contributed by atoms with E-state index in [4.69, 9.17) is 9.47 Å². The van der Waals surface area contributed by atoms with E-state index in [1.54, 1.807) is 20.8 Å². The molecule has 3 atom stereocenters. The lowest BCUT2D eigenvalue weighted by molar-refractivity contribution is -0.118. The number of aliphatic hydroxyl groups is 1. The Bertz CT molecular complexity index is 1440. The van der Waals surface area contributed by atoms with Crippen LogP contribution in [0.5, 0.6) is 0 Å². The smallest absolute Gasteiger partial charge is 0.410 e. The van der Waals surface area contributed by atoms with E-state index < -0.39 is 53.0 Å². The first kappa shape index (κ1) is 33.1. The van der Waals surface area contributed by atoms with E-state index in [2.05, 4.69) is 4.98 Å². The molecule has 0 saturated carbocycles. The molecular weight excluding hydrogens is 580 g/mol. The highest BCUT2D eigenvalue weighted by molar-refractivity contribution is 5.82. The van der Waals surface area contributed by atoms with Crippen molar-refractivity contribution in [2.24, 2.45) is 0 Å². The lowest BCUT2D eigenvalue weighted by atomic mass is 9.85. The van der Waals surface area contributed by atoms with Crippen LogP contribution in [-0.2, 0) is 27.1 Å². The van der Waals surface area contributed by atoms with Crippen LogP contribution < -0.4 is 0 Å². The molecule has 44 heavy (non-hydrogen) atoms. The van der Waals surface area contributed by atoms with Gasteiger partial charge in [-0.2, -0.15) is 0 Å². The summed E-state index contributed by atoms with van der Waals surface area (Å²) in [5.74, 6) is -3.83. The molecule has 1 aromatic heterocycles. The average molecular weight is 617 g/mol. The summed E-state index contributed by atoms with van der Waals surface area (Å²) in [4.78, 5) is 31.4. The second kappa shape index (κ2) is 14.3. The minimum absolute atomic E-state index is 0.0794. The molecule has 1 saturated heterocycles. The van der Waals surface area contributed by atoms with Crippen LogP contribution in [-0.4, -0.2) is 64.4 Å². The molecular formula is C33H36F4N2O5. The number of pyridine rings is 1. The summed E-state index contributed by atoms with van der Waals surface area (Å²) in [5.41, 5.74) is 0.592. The second-order valence-electron chi connectivity index (χ2n) is 11.9. The first-order valence-electron chi connectivity index (χ1n) is 14.4. The summed E-state index contributed by atoms with van der Waals surface area (Å²) in [7, 11) is 0. The minimum atomic E-state index is -0.809. The van der Waals surface area contributed by atoms with Crippen LogP contribution in [0.2, 0.25) is 0 Å². The fraction of sp³-hybridized carbons (Fsp3) is 0.424. The van der Waals surface area contributed by atoms with Crippen LogP contribution in [0.3, 0.4) is 0 Å². The molecule has 0 bridgehead atoms. The Hall–Kier alpha value is -3.83. The zero-order valence-corrected chi connectivity index (χ0v) is 24.9. The third-order valence-corrected chi connectivity index (χ3v) is 7.39. The van der Waals surface area contributed by atoms with Crippen LogP contribution in [0.4, 0.5) is 22.4 Å². The highest BCUT2D eigenvalue weighted by Gasteiger charge is 2.35. The third kappa shape index (κ3) is 8.86. The zero-order valence-electron chi connectivity index (χ0n) is 24.9. The molecule has 0 aliphatic carbocycles. The van der Waals surface area contributed by atoms with Gasteiger partial charge in [0.25, 0.3) is 0 Å². The van der Waals surface area contributed by atoms with E-state index in [1.807, 2.05) is 0 Å². The number of ketones is 1. The van der Waals surface area contributed by atoms with Gasteiger partial charge < -0.3 is 14.6 Å². The van der Waals surface area contributed by atoms with Gasteiger partial charge in [-0.05, 0) is 80.1 Å². The Morgan fingerprint density at radius 1 is 1.02 bits per heavy atom. The third-order valence-electron chi connectivity index (χ3n) is 7.39. The van der Waals surface area contributed by atoms with Gasteiger partial charge in [-0.1, -0.05) is 12.1 Å². The van der Waals surface area contributed by atoms with Crippen LogP contribution >= 0.6 is 0 Å². The molecule has 2 heterocycles. The monoisotopic (exact) mass is 616 g/mol. The van der Waals surface area contributed by atoms with E-state index in [-0.39, 0.29) is 55.9 Å². The second-order valence-corrected chi connectivity index (χ2v) is 11.9. The molecule has 3 aromatic rings. The van der Waals surface area contributed by atoms with E-state index in [1.165, 1.54) is 35.4 Å². The Morgan fingerprint density at radius 3 is 2.34 bits per heavy atom. The van der Waals surface area contributed by atoms with Crippen molar-refractivity contribution in [3.63, 3.8) is 0 Å². The van der Waals surface area contributed by atoms with Crippen LogP contribution in [0.1, 0.15) is 61.8 Å². The van der Waals surface area contributed by atoms with Crippen LogP contribution in [0.25, 0.3) is 0 Å². The van der Waals surface area contributed by atoms with Gasteiger partial charge in [-0.3, -0.25) is 14.7 Å². The molecule has 0 unspecified atom stereocenters. The first-order valence-corrected chi connectivity index (χ1v) is 14.4. The molecule has 1 amide bonds. The fourth-order valence-corrected chi connectivity index (χ4v) is 5.28. The van der Waals surface area contributed by atoms with E-state index in [0.29, 0.717) is 17.5 Å². The summed E-state index contributed by atoms with van der Waals surface area (Å²) in [6.45, 7) is 5.12. The van der Waals surface area contributed by atoms with E-state index in [0.717, 1.165) is 24.4 Å². The van der Waals surface area contributed by atoms with Crippen molar-refractivity contribution in [3.05, 3.63) is 100 Å². The number of morpholine rings is 1. The van der Waals surface area contributed by atoms with Crippen molar-refractivity contribution in [2.45, 2.75) is 70.1 Å².